The maximum absolute atomic E-state index is 13.2. The van der Waals surface area contributed by atoms with Gasteiger partial charge >= 0.3 is 0 Å². The third kappa shape index (κ3) is 4.34. The minimum atomic E-state index is -0.284. The summed E-state index contributed by atoms with van der Waals surface area (Å²) in [6.07, 6.45) is 2.46. The van der Waals surface area contributed by atoms with E-state index in [1.807, 2.05) is 30.3 Å². The third-order valence-corrected chi connectivity index (χ3v) is 4.47. The molecule has 1 fully saturated rings. The number of amides is 1. The summed E-state index contributed by atoms with van der Waals surface area (Å²) in [5.74, 6) is -0.290. The fourth-order valence-corrected chi connectivity index (χ4v) is 3.17. The van der Waals surface area contributed by atoms with Crippen molar-refractivity contribution in [1.82, 2.24) is 5.32 Å². The summed E-state index contributed by atoms with van der Waals surface area (Å²) in [4.78, 5) is 12.6. The van der Waals surface area contributed by atoms with Crippen molar-refractivity contribution >= 4 is 18.3 Å². The average molecular weight is 349 g/mol. The van der Waals surface area contributed by atoms with Crippen LogP contribution in [0.15, 0.2) is 54.6 Å². The number of carbonyl (C=O) groups is 1. The van der Waals surface area contributed by atoms with Gasteiger partial charge in [0.2, 0.25) is 5.91 Å². The van der Waals surface area contributed by atoms with Crippen molar-refractivity contribution in [2.45, 2.75) is 31.3 Å². The first-order chi connectivity index (χ1) is 11.1. The van der Waals surface area contributed by atoms with Gasteiger partial charge in [0.25, 0.3) is 0 Å². The Hall–Kier alpha value is -1.91. The number of benzene rings is 2. The van der Waals surface area contributed by atoms with Crippen LogP contribution in [0.3, 0.4) is 0 Å². The SMILES string of the molecule is Cl.NC1CCC(C(=O)NC(c2ccccc2)c2ccc(F)cc2)C1. The lowest BCUT2D eigenvalue weighted by Crippen LogP contribution is -2.34. The Morgan fingerprint density at radius 3 is 2.25 bits per heavy atom. The summed E-state index contributed by atoms with van der Waals surface area (Å²) in [6.45, 7) is 0. The van der Waals surface area contributed by atoms with E-state index in [1.54, 1.807) is 12.1 Å². The highest BCUT2D eigenvalue weighted by Gasteiger charge is 2.29. The van der Waals surface area contributed by atoms with Crippen LogP contribution in [0.1, 0.15) is 36.4 Å². The van der Waals surface area contributed by atoms with E-state index in [0.717, 1.165) is 30.4 Å². The molecule has 0 aliphatic heterocycles. The van der Waals surface area contributed by atoms with E-state index in [4.69, 9.17) is 5.73 Å². The van der Waals surface area contributed by atoms with Gasteiger partial charge in [-0.1, -0.05) is 42.5 Å². The predicted octanol–water partition coefficient (Wildman–Crippen LogP) is 3.58. The molecule has 1 aliphatic rings. The van der Waals surface area contributed by atoms with Gasteiger partial charge in [0.1, 0.15) is 5.82 Å². The summed E-state index contributed by atoms with van der Waals surface area (Å²) < 4.78 is 13.2. The minimum absolute atomic E-state index is 0. The number of nitrogens with one attached hydrogen (secondary N) is 1. The molecule has 2 aromatic carbocycles. The van der Waals surface area contributed by atoms with Crippen LogP contribution >= 0.6 is 12.4 Å². The first-order valence-corrected chi connectivity index (χ1v) is 8.00. The highest BCUT2D eigenvalue weighted by atomic mass is 35.5. The smallest absolute Gasteiger partial charge is 0.223 e. The molecule has 3 rings (SSSR count). The van der Waals surface area contributed by atoms with Crippen LogP contribution in [0, 0.1) is 11.7 Å². The number of nitrogens with two attached hydrogens (primary N) is 1. The Labute approximate surface area is 147 Å². The van der Waals surface area contributed by atoms with Crippen molar-refractivity contribution in [3.8, 4) is 0 Å². The Morgan fingerprint density at radius 2 is 1.67 bits per heavy atom. The topological polar surface area (TPSA) is 55.1 Å². The van der Waals surface area contributed by atoms with Crippen molar-refractivity contribution in [2.75, 3.05) is 0 Å². The summed E-state index contributed by atoms with van der Waals surface area (Å²) in [5, 5.41) is 3.11. The number of hydrogen-bond donors (Lipinski definition) is 2. The fraction of sp³-hybridized carbons (Fsp3) is 0.316. The first-order valence-electron chi connectivity index (χ1n) is 8.00. The molecule has 0 radical (unpaired) electrons. The van der Waals surface area contributed by atoms with Gasteiger partial charge in [0.15, 0.2) is 0 Å². The van der Waals surface area contributed by atoms with E-state index >= 15 is 0 Å². The summed E-state index contributed by atoms with van der Waals surface area (Å²) in [6, 6.07) is 15.8. The standard InChI is InChI=1S/C19H21FN2O.ClH/c20-16-9-6-14(7-10-16)18(13-4-2-1-3-5-13)22-19(23)15-8-11-17(21)12-15;/h1-7,9-10,15,17-18H,8,11-12,21H2,(H,22,23);1H. The van der Waals surface area contributed by atoms with Crippen LogP contribution in [-0.4, -0.2) is 11.9 Å². The van der Waals surface area contributed by atoms with Gasteiger partial charge in [0, 0.05) is 12.0 Å². The molecule has 3 atom stereocenters. The molecule has 128 valence electrons. The molecule has 2 aromatic rings. The van der Waals surface area contributed by atoms with E-state index in [2.05, 4.69) is 5.32 Å². The second-order valence-corrected chi connectivity index (χ2v) is 6.17. The molecule has 3 N–H and O–H groups in total. The van der Waals surface area contributed by atoms with Crippen molar-refractivity contribution in [3.05, 3.63) is 71.5 Å². The molecule has 0 bridgehead atoms. The Balaban J connectivity index is 0.00000208. The average Bonchev–Trinajstić information content (AvgIpc) is 3.01. The van der Waals surface area contributed by atoms with Crippen molar-refractivity contribution in [3.63, 3.8) is 0 Å². The molecule has 0 spiro atoms. The van der Waals surface area contributed by atoms with E-state index in [-0.39, 0.29) is 42.1 Å². The Morgan fingerprint density at radius 1 is 1.04 bits per heavy atom. The maximum atomic E-state index is 13.2. The second-order valence-electron chi connectivity index (χ2n) is 6.17. The molecular weight excluding hydrogens is 327 g/mol. The Kier molecular flexibility index (Phi) is 6.35. The maximum Gasteiger partial charge on any atom is 0.223 e. The van der Waals surface area contributed by atoms with Crippen LogP contribution in [0.25, 0.3) is 0 Å². The molecule has 0 heterocycles. The van der Waals surface area contributed by atoms with E-state index < -0.39 is 0 Å². The van der Waals surface area contributed by atoms with Crippen LogP contribution in [0.5, 0.6) is 0 Å². The molecule has 3 unspecified atom stereocenters. The molecule has 1 aliphatic carbocycles. The zero-order chi connectivity index (χ0) is 16.2. The number of hydrogen-bond acceptors (Lipinski definition) is 2. The molecule has 5 heteroatoms. The monoisotopic (exact) mass is 348 g/mol. The van der Waals surface area contributed by atoms with Gasteiger partial charge in [-0.25, -0.2) is 4.39 Å². The number of halogens is 2. The highest BCUT2D eigenvalue weighted by Crippen LogP contribution is 2.27. The quantitative estimate of drug-likeness (QED) is 0.887. The molecule has 1 amide bonds. The van der Waals surface area contributed by atoms with Gasteiger partial charge in [0.05, 0.1) is 6.04 Å². The van der Waals surface area contributed by atoms with Crippen LogP contribution in [-0.2, 0) is 4.79 Å². The number of carbonyl (C=O) groups excluding carboxylic acids is 1. The molecule has 3 nitrogen and oxygen atoms in total. The van der Waals surface area contributed by atoms with Crippen LogP contribution < -0.4 is 11.1 Å². The van der Waals surface area contributed by atoms with E-state index in [9.17, 15) is 9.18 Å². The largest absolute Gasteiger partial charge is 0.345 e. The summed E-state index contributed by atoms with van der Waals surface area (Å²) in [7, 11) is 0. The normalized spacial score (nSPS) is 20.9. The van der Waals surface area contributed by atoms with Gasteiger partial charge in [-0.2, -0.15) is 0 Å². The van der Waals surface area contributed by atoms with Gasteiger partial charge in [-0.05, 0) is 42.5 Å². The van der Waals surface area contributed by atoms with Gasteiger partial charge in [-0.3, -0.25) is 4.79 Å². The van der Waals surface area contributed by atoms with E-state index in [1.165, 1.54) is 12.1 Å². The van der Waals surface area contributed by atoms with Crippen LogP contribution in [0.2, 0.25) is 0 Å². The number of rotatable bonds is 4. The predicted molar refractivity (Wildman–Crippen MR) is 95.4 cm³/mol. The molecule has 1 saturated carbocycles. The Bertz CT molecular complexity index is 663. The summed E-state index contributed by atoms with van der Waals surface area (Å²) >= 11 is 0. The van der Waals surface area contributed by atoms with Crippen molar-refractivity contribution in [1.29, 1.82) is 0 Å². The minimum Gasteiger partial charge on any atom is -0.345 e. The zero-order valence-electron chi connectivity index (χ0n) is 13.3. The first kappa shape index (κ1) is 18.4. The highest BCUT2D eigenvalue weighted by molar-refractivity contribution is 5.85. The lowest BCUT2D eigenvalue weighted by atomic mass is 9.97. The molecule has 0 saturated heterocycles. The molecular formula is C19H22ClFN2O. The van der Waals surface area contributed by atoms with E-state index in [0.29, 0.717) is 0 Å². The lowest BCUT2D eigenvalue weighted by Gasteiger charge is -2.22. The zero-order valence-corrected chi connectivity index (χ0v) is 14.1. The fourth-order valence-electron chi connectivity index (χ4n) is 3.17. The van der Waals surface area contributed by atoms with Crippen LogP contribution in [0.4, 0.5) is 4.39 Å². The van der Waals surface area contributed by atoms with Gasteiger partial charge < -0.3 is 11.1 Å². The third-order valence-electron chi connectivity index (χ3n) is 4.47. The van der Waals surface area contributed by atoms with Crippen molar-refractivity contribution in [2.24, 2.45) is 11.7 Å². The lowest BCUT2D eigenvalue weighted by molar-refractivity contribution is -0.125. The molecule has 24 heavy (non-hydrogen) atoms. The van der Waals surface area contributed by atoms with Crippen molar-refractivity contribution < 1.29 is 9.18 Å². The summed E-state index contributed by atoms with van der Waals surface area (Å²) in [5.41, 5.74) is 7.76. The molecule has 0 aromatic heterocycles. The van der Waals surface area contributed by atoms with Gasteiger partial charge in [-0.15, -0.1) is 12.4 Å². The second kappa shape index (κ2) is 8.27.